The Labute approximate surface area is 152 Å². The van der Waals surface area contributed by atoms with Crippen molar-refractivity contribution in [3.05, 3.63) is 59.1 Å². The minimum atomic E-state index is -3.74. The first kappa shape index (κ1) is 19.2. The fraction of sp³-hybridized carbons (Fsp3) is 0.235. The first-order valence-electron chi connectivity index (χ1n) is 7.46. The standard InChI is InChI=1S/C17H19ClN2O4S/c1-12(13-7-9-14(10-8-13)25(19,22)23)20(2)17(21)11-24-16-6-4-3-5-15(16)18/h3-10,12H,11H2,1-2H3,(H2,19,22,23). The molecule has 0 saturated heterocycles. The van der Waals surface area contributed by atoms with E-state index in [4.69, 9.17) is 21.5 Å². The molecule has 6 nitrogen and oxygen atoms in total. The number of halogens is 1. The average Bonchev–Trinajstić information content (AvgIpc) is 2.59. The van der Waals surface area contributed by atoms with Gasteiger partial charge in [0.2, 0.25) is 10.0 Å². The number of nitrogens with zero attached hydrogens (tertiary/aromatic N) is 1. The Bertz CT molecular complexity index is 853. The number of primary sulfonamides is 1. The van der Waals surface area contributed by atoms with Crippen LogP contribution < -0.4 is 9.88 Å². The molecule has 1 unspecified atom stereocenters. The van der Waals surface area contributed by atoms with Gasteiger partial charge in [-0.15, -0.1) is 0 Å². The molecule has 134 valence electrons. The first-order chi connectivity index (χ1) is 11.7. The third kappa shape index (κ3) is 4.94. The van der Waals surface area contributed by atoms with Crippen LogP contribution in [-0.2, 0) is 14.8 Å². The predicted octanol–water partition coefficient (Wildman–Crippen LogP) is 2.59. The van der Waals surface area contributed by atoms with Crippen molar-refractivity contribution in [2.24, 2.45) is 5.14 Å². The lowest BCUT2D eigenvalue weighted by Crippen LogP contribution is -2.33. The number of sulfonamides is 1. The van der Waals surface area contributed by atoms with Crippen molar-refractivity contribution >= 4 is 27.5 Å². The number of hydrogen-bond acceptors (Lipinski definition) is 4. The Hall–Kier alpha value is -2.09. The van der Waals surface area contributed by atoms with Crippen LogP contribution in [0.25, 0.3) is 0 Å². The summed E-state index contributed by atoms with van der Waals surface area (Å²) in [6.45, 7) is 1.68. The predicted molar refractivity (Wildman–Crippen MR) is 95.9 cm³/mol. The summed E-state index contributed by atoms with van der Waals surface area (Å²) in [6, 6.07) is 12.7. The minimum Gasteiger partial charge on any atom is -0.482 e. The average molecular weight is 383 g/mol. The molecule has 0 radical (unpaired) electrons. The molecule has 25 heavy (non-hydrogen) atoms. The number of para-hydroxylation sites is 1. The molecule has 1 amide bonds. The van der Waals surface area contributed by atoms with Crippen LogP contribution in [0, 0.1) is 0 Å². The van der Waals surface area contributed by atoms with Crippen LogP contribution in [0.3, 0.4) is 0 Å². The van der Waals surface area contributed by atoms with E-state index in [0.717, 1.165) is 5.56 Å². The molecule has 2 aromatic rings. The Morgan fingerprint density at radius 1 is 1.20 bits per heavy atom. The van der Waals surface area contributed by atoms with Gasteiger partial charge in [0.05, 0.1) is 16.0 Å². The summed E-state index contributed by atoms with van der Waals surface area (Å²) in [7, 11) is -2.09. The molecule has 2 rings (SSSR count). The highest BCUT2D eigenvalue weighted by molar-refractivity contribution is 7.89. The van der Waals surface area contributed by atoms with Crippen molar-refractivity contribution in [3.63, 3.8) is 0 Å². The van der Waals surface area contributed by atoms with Crippen molar-refractivity contribution in [1.29, 1.82) is 0 Å². The van der Waals surface area contributed by atoms with Crippen LogP contribution in [0.15, 0.2) is 53.4 Å². The van der Waals surface area contributed by atoms with Crippen molar-refractivity contribution < 1.29 is 17.9 Å². The normalized spacial score (nSPS) is 12.5. The van der Waals surface area contributed by atoms with Gasteiger partial charge in [-0.1, -0.05) is 35.9 Å². The largest absolute Gasteiger partial charge is 0.482 e. The highest BCUT2D eigenvalue weighted by Gasteiger charge is 2.19. The second kappa shape index (κ2) is 7.86. The van der Waals surface area contributed by atoms with Gasteiger partial charge in [-0.3, -0.25) is 4.79 Å². The molecular formula is C17H19ClN2O4S. The van der Waals surface area contributed by atoms with Crippen LogP contribution >= 0.6 is 11.6 Å². The quantitative estimate of drug-likeness (QED) is 0.831. The lowest BCUT2D eigenvalue weighted by molar-refractivity contribution is -0.134. The SMILES string of the molecule is CC(c1ccc(S(N)(=O)=O)cc1)N(C)C(=O)COc1ccccc1Cl. The molecular weight excluding hydrogens is 364 g/mol. The molecule has 1 atom stereocenters. The lowest BCUT2D eigenvalue weighted by Gasteiger charge is -2.25. The van der Waals surface area contributed by atoms with Gasteiger partial charge in [0.1, 0.15) is 5.75 Å². The zero-order valence-electron chi connectivity index (χ0n) is 13.8. The monoisotopic (exact) mass is 382 g/mol. The number of hydrogen-bond donors (Lipinski definition) is 1. The molecule has 2 N–H and O–H groups in total. The third-order valence-electron chi connectivity index (χ3n) is 3.85. The lowest BCUT2D eigenvalue weighted by atomic mass is 10.1. The number of nitrogens with two attached hydrogens (primary N) is 1. The number of carbonyl (C=O) groups excluding carboxylic acids is 1. The van der Waals surface area contributed by atoms with Gasteiger partial charge in [-0.25, -0.2) is 13.6 Å². The summed E-state index contributed by atoms with van der Waals surface area (Å²) < 4.78 is 28.0. The van der Waals surface area contributed by atoms with Gasteiger partial charge < -0.3 is 9.64 Å². The van der Waals surface area contributed by atoms with Crippen LogP contribution in [0.5, 0.6) is 5.75 Å². The molecule has 0 aliphatic heterocycles. The van der Waals surface area contributed by atoms with E-state index >= 15 is 0 Å². The molecule has 0 saturated carbocycles. The Balaban J connectivity index is 2.02. The van der Waals surface area contributed by atoms with Crippen molar-refractivity contribution in [1.82, 2.24) is 4.90 Å². The zero-order chi connectivity index (χ0) is 18.6. The van der Waals surface area contributed by atoms with E-state index in [1.807, 2.05) is 6.92 Å². The van der Waals surface area contributed by atoms with Gasteiger partial charge >= 0.3 is 0 Å². The fourth-order valence-corrected chi connectivity index (χ4v) is 2.88. The smallest absolute Gasteiger partial charge is 0.260 e. The van der Waals surface area contributed by atoms with Gasteiger partial charge in [0, 0.05) is 7.05 Å². The third-order valence-corrected chi connectivity index (χ3v) is 5.09. The highest BCUT2D eigenvalue weighted by atomic mass is 35.5. The van der Waals surface area contributed by atoms with Crippen LogP contribution in [0.1, 0.15) is 18.5 Å². The van der Waals surface area contributed by atoms with Crippen molar-refractivity contribution in [2.75, 3.05) is 13.7 Å². The first-order valence-corrected chi connectivity index (χ1v) is 9.38. The number of carbonyl (C=O) groups is 1. The molecule has 0 aliphatic carbocycles. The maximum absolute atomic E-state index is 12.3. The topological polar surface area (TPSA) is 89.7 Å². The summed E-state index contributed by atoms with van der Waals surface area (Å²) >= 11 is 5.99. The molecule has 0 bridgehead atoms. The Kier molecular flexibility index (Phi) is 6.05. The summed E-state index contributed by atoms with van der Waals surface area (Å²) in [5, 5.41) is 5.51. The van der Waals surface area contributed by atoms with Crippen LogP contribution in [0.2, 0.25) is 5.02 Å². The summed E-state index contributed by atoms with van der Waals surface area (Å²) in [6.07, 6.45) is 0. The van der Waals surface area contributed by atoms with Crippen molar-refractivity contribution in [2.45, 2.75) is 17.9 Å². The number of amides is 1. The van der Waals surface area contributed by atoms with E-state index in [9.17, 15) is 13.2 Å². The number of likely N-dealkylation sites (N-methyl/N-ethyl adjacent to an activating group) is 1. The van der Waals surface area contributed by atoms with Crippen LogP contribution in [0.4, 0.5) is 0 Å². The zero-order valence-corrected chi connectivity index (χ0v) is 15.4. The van der Waals surface area contributed by atoms with Gasteiger partial charge in [-0.2, -0.15) is 0 Å². The molecule has 0 spiro atoms. The molecule has 0 aromatic heterocycles. The second-order valence-corrected chi connectivity index (χ2v) is 7.48. The van der Waals surface area contributed by atoms with E-state index in [0.29, 0.717) is 10.8 Å². The van der Waals surface area contributed by atoms with Gasteiger partial charge in [-0.05, 0) is 36.8 Å². The summed E-state index contributed by atoms with van der Waals surface area (Å²) in [5.74, 6) is 0.207. The van der Waals surface area contributed by atoms with E-state index in [1.54, 1.807) is 43.4 Å². The molecule has 0 heterocycles. The van der Waals surface area contributed by atoms with E-state index in [1.165, 1.54) is 17.0 Å². The van der Waals surface area contributed by atoms with E-state index in [-0.39, 0.29) is 23.5 Å². The number of ether oxygens (including phenoxy) is 1. The molecule has 0 fully saturated rings. The Morgan fingerprint density at radius 3 is 2.36 bits per heavy atom. The Morgan fingerprint density at radius 2 is 1.80 bits per heavy atom. The minimum absolute atomic E-state index is 0.0273. The van der Waals surface area contributed by atoms with E-state index in [2.05, 4.69) is 0 Å². The van der Waals surface area contributed by atoms with Gasteiger partial charge in [0.25, 0.3) is 5.91 Å². The van der Waals surface area contributed by atoms with Crippen LogP contribution in [-0.4, -0.2) is 32.9 Å². The molecule has 2 aromatic carbocycles. The summed E-state index contributed by atoms with van der Waals surface area (Å²) in [4.78, 5) is 13.9. The maximum atomic E-state index is 12.3. The summed E-state index contributed by atoms with van der Waals surface area (Å²) in [5.41, 5.74) is 0.779. The number of rotatable bonds is 6. The fourth-order valence-electron chi connectivity index (χ4n) is 2.18. The van der Waals surface area contributed by atoms with Gasteiger partial charge in [0.15, 0.2) is 6.61 Å². The number of benzene rings is 2. The molecule has 8 heteroatoms. The van der Waals surface area contributed by atoms with E-state index < -0.39 is 10.0 Å². The van der Waals surface area contributed by atoms with Crippen molar-refractivity contribution in [3.8, 4) is 5.75 Å². The highest BCUT2D eigenvalue weighted by Crippen LogP contribution is 2.24. The molecule has 0 aliphatic rings. The second-order valence-electron chi connectivity index (χ2n) is 5.51. The maximum Gasteiger partial charge on any atom is 0.260 e.